The van der Waals surface area contributed by atoms with Crippen molar-refractivity contribution >= 4 is 63.7 Å². The van der Waals surface area contributed by atoms with Crippen LogP contribution in [-0.4, -0.2) is 40.4 Å². The number of halogens is 3. The maximum Gasteiger partial charge on any atom is 0.286 e. The molecule has 4 heterocycles. The van der Waals surface area contributed by atoms with Crippen molar-refractivity contribution in [3.05, 3.63) is 66.5 Å². The third-order valence-electron chi connectivity index (χ3n) is 5.92. The number of hydrogen-bond donors (Lipinski definition) is 1. The molecule has 0 atom stereocenters. The molecule has 2 aromatic heterocycles. The zero-order valence-electron chi connectivity index (χ0n) is 18.3. The molecule has 5 rings (SSSR count). The van der Waals surface area contributed by atoms with Crippen molar-refractivity contribution in [1.82, 2.24) is 20.2 Å². The monoisotopic (exact) mass is 536 g/mol. The number of benzene rings is 1. The van der Waals surface area contributed by atoms with Gasteiger partial charge in [0.1, 0.15) is 0 Å². The first-order valence-electron chi connectivity index (χ1n) is 11.2. The molecule has 0 bridgehead atoms. The first kappa shape index (κ1) is 23.9. The van der Waals surface area contributed by atoms with E-state index in [0.29, 0.717) is 32.4 Å². The summed E-state index contributed by atoms with van der Waals surface area (Å²) in [5, 5.41) is 7.71. The molecule has 2 aliphatic rings. The van der Waals surface area contributed by atoms with E-state index in [1.165, 1.54) is 24.2 Å². The lowest BCUT2D eigenvalue weighted by Gasteiger charge is -2.21. The molecular weight excluding hydrogens is 515 g/mol. The lowest BCUT2D eigenvalue weighted by atomic mass is 10.0. The van der Waals surface area contributed by atoms with E-state index in [-0.39, 0.29) is 12.5 Å². The van der Waals surface area contributed by atoms with E-state index in [9.17, 15) is 4.79 Å². The summed E-state index contributed by atoms with van der Waals surface area (Å²) >= 11 is 20.3. The van der Waals surface area contributed by atoms with Gasteiger partial charge in [-0.15, -0.1) is 11.3 Å². The minimum absolute atomic E-state index is 0.244. The van der Waals surface area contributed by atoms with Crippen LogP contribution < -0.4 is 5.43 Å². The van der Waals surface area contributed by atoms with Crippen LogP contribution in [-0.2, 0) is 11.3 Å². The van der Waals surface area contributed by atoms with E-state index < -0.39 is 0 Å². The molecule has 1 N–H and O–H groups in total. The van der Waals surface area contributed by atoms with Crippen LogP contribution in [0.4, 0.5) is 0 Å². The van der Waals surface area contributed by atoms with Gasteiger partial charge in [-0.2, -0.15) is 5.10 Å². The summed E-state index contributed by atoms with van der Waals surface area (Å²) in [5.74, 6) is -0.244. The molecular formula is C24H23Cl3N4O2S. The number of rotatable bonds is 4. The van der Waals surface area contributed by atoms with Crippen molar-refractivity contribution in [3.63, 3.8) is 0 Å². The van der Waals surface area contributed by atoms with Gasteiger partial charge in [0.2, 0.25) is 0 Å². The predicted molar refractivity (Wildman–Crippen MR) is 138 cm³/mol. The number of nitrogens with one attached hydrogen (secondary N) is 1. The van der Waals surface area contributed by atoms with E-state index >= 15 is 0 Å². The number of fused-ring (bicyclic) bond motifs is 1. The highest BCUT2D eigenvalue weighted by Gasteiger charge is 2.30. The number of hydrogen-bond acceptors (Lipinski definition) is 5. The van der Waals surface area contributed by atoms with E-state index in [0.717, 1.165) is 47.6 Å². The van der Waals surface area contributed by atoms with E-state index in [2.05, 4.69) is 5.43 Å². The van der Waals surface area contributed by atoms with E-state index in [4.69, 9.17) is 44.6 Å². The summed E-state index contributed by atoms with van der Waals surface area (Å²) in [6.45, 7) is 2.33. The van der Waals surface area contributed by atoms with Crippen molar-refractivity contribution in [2.24, 2.45) is 0 Å². The molecule has 1 amide bonds. The quantitative estimate of drug-likeness (QED) is 0.413. The Kier molecular flexibility index (Phi) is 7.30. The van der Waals surface area contributed by atoms with Gasteiger partial charge in [0.25, 0.3) is 5.91 Å². The largest absolute Gasteiger partial charge is 0.372 e. The molecule has 6 nitrogen and oxygen atoms in total. The van der Waals surface area contributed by atoms with Crippen LogP contribution in [0.25, 0.3) is 17.3 Å². The van der Waals surface area contributed by atoms with Gasteiger partial charge in [-0.25, -0.2) is 9.69 Å². The number of hydrazine groups is 1. The molecule has 0 saturated carbocycles. The van der Waals surface area contributed by atoms with Crippen LogP contribution in [0.2, 0.25) is 14.4 Å². The second kappa shape index (κ2) is 10.4. The Morgan fingerprint density at radius 2 is 1.85 bits per heavy atom. The summed E-state index contributed by atoms with van der Waals surface area (Å²) in [5.41, 5.74) is 6.47. The van der Waals surface area contributed by atoms with Gasteiger partial charge in [-0.1, -0.05) is 47.6 Å². The second-order valence-electron chi connectivity index (χ2n) is 8.33. The zero-order valence-corrected chi connectivity index (χ0v) is 21.4. The SMILES string of the molecule is O=C(NN1CCCCCC1)c1nn(-c2ccc(Cl)cc2Cl)c2c1COC/C2=C\c1ccc(Cl)s1. The predicted octanol–water partition coefficient (Wildman–Crippen LogP) is 6.49. The summed E-state index contributed by atoms with van der Waals surface area (Å²) < 4.78 is 8.32. The highest BCUT2D eigenvalue weighted by molar-refractivity contribution is 7.17. The first-order chi connectivity index (χ1) is 16.5. The molecule has 1 fully saturated rings. The summed E-state index contributed by atoms with van der Waals surface area (Å²) in [6.07, 6.45) is 6.51. The lowest BCUT2D eigenvalue weighted by molar-refractivity contribution is 0.0781. The van der Waals surface area contributed by atoms with Gasteiger partial charge in [0.15, 0.2) is 5.69 Å². The van der Waals surface area contributed by atoms with Crippen molar-refractivity contribution in [2.45, 2.75) is 32.3 Å². The number of thiophene rings is 1. The molecule has 0 unspecified atom stereocenters. The summed E-state index contributed by atoms with van der Waals surface area (Å²) in [4.78, 5) is 14.4. The minimum Gasteiger partial charge on any atom is -0.372 e. The van der Waals surface area contributed by atoms with Gasteiger partial charge in [-0.3, -0.25) is 10.2 Å². The van der Waals surface area contributed by atoms with Gasteiger partial charge in [0.05, 0.1) is 34.0 Å². The van der Waals surface area contributed by atoms with Gasteiger partial charge < -0.3 is 4.74 Å². The molecule has 0 radical (unpaired) electrons. The molecule has 34 heavy (non-hydrogen) atoms. The molecule has 0 spiro atoms. The molecule has 2 aliphatic heterocycles. The maximum atomic E-state index is 13.4. The number of amides is 1. The normalized spacial score (nSPS) is 18.0. The zero-order chi connectivity index (χ0) is 23.7. The molecule has 3 aromatic rings. The minimum atomic E-state index is -0.244. The molecule has 1 saturated heterocycles. The number of ether oxygens (including phenoxy) is 1. The number of carbonyl (C=O) groups excluding carboxylic acids is 1. The summed E-state index contributed by atoms with van der Waals surface area (Å²) in [7, 11) is 0. The fourth-order valence-electron chi connectivity index (χ4n) is 4.32. The van der Waals surface area contributed by atoms with Crippen molar-refractivity contribution in [3.8, 4) is 5.69 Å². The van der Waals surface area contributed by atoms with Crippen LogP contribution in [0, 0.1) is 0 Å². The van der Waals surface area contributed by atoms with E-state index in [1.807, 2.05) is 29.3 Å². The van der Waals surface area contributed by atoms with Gasteiger partial charge >= 0.3 is 0 Å². The average molecular weight is 538 g/mol. The first-order valence-corrected chi connectivity index (χ1v) is 13.1. The third kappa shape index (κ3) is 5.05. The molecule has 1 aromatic carbocycles. The Hall–Kier alpha value is -1.87. The highest BCUT2D eigenvalue weighted by Crippen LogP contribution is 2.36. The van der Waals surface area contributed by atoms with Crippen LogP contribution in [0.15, 0.2) is 30.3 Å². The summed E-state index contributed by atoms with van der Waals surface area (Å²) in [6, 6.07) is 9.05. The van der Waals surface area contributed by atoms with E-state index in [1.54, 1.807) is 16.8 Å². The van der Waals surface area contributed by atoms with Crippen LogP contribution in [0.3, 0.4) is 0 Å². The fraction of sp³-hybridized carbons (Fsp3) is 0.333. The van der Waals surface area contributed by atoms with Crippen LogP contribution in [0.5, 0.6) is 0 Å². The smallest absolute Gasteiger partial charge is 0.286 e. The van der Waals surface area contributed by atoms with Crippen molar-refractivity contribution < 1.29 is 9.53 Å². The Bertz CT molecular complexity index is 1250. The number of aromatic nitrogens is 2. The van der Waals surface area contributed by atoms with Crippen LogP contribution >= 0.6 is 46.1 Å². The maximum absolute atomic E-state index is 13.4. The Labute approximate surface area is 217 Å². The molecule has 178 valence electrons. The van der Waals surface area contributed by atoms with Crippen LogP contribution in [0.1, 0.15) is 52.3 Å². The Morgan fingerprint density at radius 3 is 2.56 bits per heavy atom. The number of carbonyl (C=O) groups is 1. The van der Waals surface area contributed by atoms with Crippen molar-refractivity contribution in [1.29, 1.82) is 0 Å². The van der Waals surface area contributed by atoms with Crippen molar-refractivity contribution in [2.75, 3.05) is 19.7 Å². The molecule has 0 aliphatic carbocycles. The second-order valence-corrected chi connectivity index (χ2v) is 10.9. The van der Waals surface area contributed by atoms with Gasteiger partial charge in [0, 0.05) is 34.1 Å². The Morgan fingerprint density at radius 1 is 1.06 bits per heavy atom. The third-order valence-corrected chi connectivity index (χ3v) is 7.64. The number of nitrogens with zero attached hydrogens (tertiary/aromatic N) is 3. The Balaban J connectivity index is 1.60. The standard InChI is InChI=1S/C24H23Cl3N4O2S/c25-16-5-7-20(19(26)12-16)31-23-15(11-17-6-8-21(27)34-17)13-33-14-18(23)22(28-31)24(32)29-30-9-3-1-2-4-10-30/h5-8,11-12H,1-4,9-10,13-14H2,(H,29,32)/b15-11+. The average Bonchev–Trinajstić information content (AvgIpc) is 3.30. The highest BCUT2D eigenvalue weighted by atomic mass is 35.5. The van der Waals surface area contributed by atoms with Gasteiger partial charge in [-0.05, 0) is 49.2 Å². The topological polar surface area (TPSA) is 59.4 Å². The fourth-order valence-corrected chi connectivity index (χ4v) is 5.84. The lowest BCUT2D eigenvalue weighted by Crippen LogP contribution is -2.43. The molecule has 10 heteroatoms.